The molecule has 0 bridgehead atoms. The molecule has 7 heteroatoms. The van der Waals surface area contributed by atoms with Crippen LogP contribution in [0, 0.1) is 6.92 Å². The van der Waals surface area contributed by atoms with Crippen LogP contribution < -0.4 is 11.3 Å². The van der Waals surface area contributed by atoms with E-state index in [-0.39, 0.29) is 18.1 Å². The lowest BCUT2D eigenvalue weighted by Gasteiger charge is -2.11. The molecule has 1 aromatic heterocycles. The summed E-state index contributed by atoms with van der Waals surface area (Å²) in [6, 6.07) is 11.2. The van der Waals surface area contributed by atoms with Gasteiger partial charge in [0.2, 0.25) is 5.91 Å². The molecule has 0 unspecified atom stereocenters. The molecule has 0 spiro atoms. The monoisotopic (exact) mass is 311 g/mol. The fourth-order valence-corrected chi connectivity index (χ4v) is 2.52. The van der Waals surface area contributed by atoms with E-state index in [1.165, 1.54) is 0 Å². The molecule has 3 aromatic rings. The van der Waals surface area contributed by atoms with Gasteiger partial charge in [-0.05, 0) is 42.7 Å². The predicted octanol–water partition coefficient (Wildman–Crippen LogP) is 1.36. The van der Waals surface area contributed by atoms with E-state index in [0.717, 1.165) is 16.6 Å². The number of aromatic hydroxyl groups is 1. The highest BCUT2D eigenvalue weighted by Gasteiger charge is 2.14. The summed E-state index contributed by atoms with van der Waals surface area (Å²) in [5.41, 5.74) is 5.84. The van der Waals surface area contributed by atoms with E-state index in [1.807, 2.05) is 43.3 Å². The molecular weight excluding hydrogens is 294 g/mol. The first kappa shape index (κ1) is 15.0. The molecule has 0 fully saturated rings. The van der Waals surface area contributed by atoms with E-state index in [9.17, 15) is 9.90 Å². The summed E-state index contributed by atoms with van der Waals surface area (Å²) in [5.74, 6) is 5.01. The number of fused-ring (bicyclic) bond motifs is 1. The number of nitrogens with zero attached hydrogens (tertiary/aromatic N) is 3. The molecule has 23 heavy (non-hydrogen) atoms. The number of aromatic nitrogens is 3. The zero-order valence-electron chi connectivity index (χ0n) is 12.7. The van der Waals surface area contributed by atoms with Gasteiger partial charge in [0, 0.05) is 6.42 Å². The first-order valence-corrected chi connectivity index (χ1v) is 7.23. The highest BCUT2D eigenvalue weighted by molar-refractivity contribution is 5.77. The number of amides is 1. The van der Waals surface area contributed by atoms with Gasteiger partial charge in [-0.1, -0.05) is 23.4 Å². The molecule has 3 rings (SSSR count). The lowest BCUT2D eigenvalue weighted by Crippen LogP contribution is -2.30. The molecule has 4 N–H and O–H groups in total. The highest BCUT2D eigenvalue weighted by atomic mass is 16.3. The van der Waals surface area contributed by atoms with E-state index >= 15 is 0 Å². The summed E-state index contributed by atoms with van der Waals surface area (Å²) < 4.78 is 1.60. The molecule has 7 nitrogen and oxygen atoms in total. The SMILES string of the molecule is Cc1cc(CCC(=O)NN)cc(-n2nnc3ccccc32)c1O. The van der Waals surface area contributed by atoms with Crippen LogP contribution in [0.25, 0.3) is 16.7 Å². The number of benzene rings is 2. The molecule has 0 radical (unpaired) electrons. The number of nitrogens with two attached hydrogens (primary N) is 1. The van der Waals surface area contributed by atoms with Gasteiger partial charge in [-0.2, -0.15) is 0 Å². The van der Waals surface area contributed by atoms with Crippen LogP contribution >= 0.6 is 0 Å². The first-order chi connectivity index (χ1) is 11.1. The second-order valence-corrected chi connectivity index (χ2v) is 5.34. The number of hydrogen-bond donors (Lipinski definition) is 3. The number of nitrogens with one attached hydrogen (secondary N) is 1. The normalized spacial score (nSPS) is 10.9. The second-order valence-electron chi connectivity index (χ2n) is 5.34. The number of carbonyl (C=O) groups is 1. The quantitative estimate of drug-likeness (QED) is 0.383. The van der Waals surface area contributed by atoms with Gasteiger partial charge in [0.1, 0.15) is 17.0 Å². The summed E-state index contributed by atoms with van der Waals surface area (Å²) in [7, 11) is 0. The number of hydrogen-bond acceptors (Lipinski definition) is 5. The molecule has 118 valence electrons. The van der Waals surface area contributed by atoms with Crippen molar-refractivity contribution in [1.29, 1.82) is 0 Å². The van der Waals surface area contributed by atoms with Crippen LogP contribution in [0.15, 0.2) is 36.4 Å². The lowest BCUT2D eigenvalue weighted by atomic mass is 10.0. The van der Waals surface area contributed by atoms with Crippen molar-refractivity contribution < 1.29 is 9.90 Å². The molecule has 2 aromatic carbocycles. The number of hydrazine groups is 1. The third kappa shape index (κ3) is 2.86. The Hall–Kier alpha value is -2.93. The average Bonchev–Trinajstić information content (AvgIpc) is 2.99. The molecular formula is C16H17N5O2. The summed E-state index contributed by atoms with van der Waals surface area (Å²) in [5, 5.41) is 18.6. The van der Waals surface area contributed by atoms with Crippen LogP contribution in [0.3, 0.4) is 0 Å². The molecule has 0 saturated heterocycles. The zero-order chi connectivity index (χ0) is 16.4. The van der Waals surface area contributed by atoms with Gasteiger partial charge >= 0.3 is 0 Å². The third-order valence-electron chi connectivity index (χ3n) is 3.72. The van der Waals surface area contributed by atoms with Crippen LogP contribution in [-0.2, 0) is 11.2 Å². The number of phenolic OH excluding ortho intramolecular Hbond substituents is 1. The van der Waals surface area contributed by atoms with Crippen molar-refractivity contribution in [2.75, 3.05) is 0 Å². The summed E-state index contributed by atoms with van der Waals surface area (Å²) in [4.78, 5) is 11.3. The van der Waals surface area contributed by atoms with Crippen molar-refractivity contribution in [1.82, 2.24) is 20.4 Å². The predicted molar refractivity (Wildman–Crippen MR) is 85.9 cm³/mol. The van der Waals surface area contributed by atoms with Crippen LogP contribution in [0.1, 0.15) is 17.5 Å². The molecule has 0 aliphatic heterocycles. The summed E-state index contributed by atoms with van der Waals surface area (Å²) >= 11 is 0. The van der Waals surface area contributed by atoms with E-state index in [2.05, 4.69) is 15.7 Å². The van der Waals surface area contributed by atoms with Crippen molar-refractivity contribution in [3.63, 3.8) is 0 Å². The van der Waals surface area contributed by atoms with Crippen LogP contribution in [-0.4, -0.2) is 26.0 Å². The number of phenols is 1. The average molecular weight is 311 g/mol. The topological polar surface area (TPSA) is 106 Å². The Balaban J connectivity index is 2.04. The van der Waals surface area contributed by atoms with Gasteiger partial charge in [0.15, 0.2) is 0 Å². The van der Waals surface area contributed by atoms with Crippen molar-refractivity contribution in [2.45, 2.75) is 19.8 Å². The molecule has 1 heterocycles. The molecule has 0 saturated carbocycles. The van der Waals surface area contributed by atoms with Gasteiger partial charge in [-0.15, -0.1) is 5.10 Å². The number of aryl methyl sites for hydroxylation is 2. The maximum absolute atomic E-state index is 11.3. The van der Waals surface area contributed by atoms with Crippen LogP contribution in [0.5, 0.6) is 5.75 Å². The second kappa shape index (κ2) is 6.05. The Bertz CT molecular complexity index is 872. The smallest absolute Gasteiger partial charge is 0.234 e. The number of para-hydroxylation sites is 1. The minimum atomic E-state index is -0.233. The molecule has 1 amide bonds. The summed E-state index contributed by atoms with van der Waals surface area (Å²) in [6.45, 7) is 1.81. The maximum atomic E-state index is 11.3. The van der Waals surface area contributed by atoms with Crippen molar-refractivity contribution in [2.24, 2.45) is 5.84 Å². The van der Waals surface area contributed by atoms with Crippen molar-refractivity contribution in [3.05, 3.63) is 47.5 Å². The lowest BCUT2D eigenvalue weighted by molar-refractivity contribution is -0.121. The van der Waals surface area contributed by atoms with Crippen LogP contribution in [0.2, 0.25) is 0 Å². The Kier molecular flexibility index (Phi) is 3.94. The highest BCUT2D eigenvalue weighted by Crippen LogP contribution is 2.29. The van der Waals surface area contributed by atoms with Crippen LogP contribution in [0.4, 0.5) is 0 Å². The summed E-state index contributed by atoms with van der Waals surface area (Å²) in [6.07, 6.45) is 0.794. The Morgan fingerprint density at radius 2 is 2.13 bits per heavy atom. The molecule has 0 aliphatic carbocycles. The number of carbonyl (C=O) groups excluding carboxylic acids is 1. The zero-order valence-corrected chi connectivity index (χ0v) is 12.7. The molecule has 0 aliphatic rings. The van der Waals surface area contributed by atoms with Gasteiger partial charge in [0.25, 0.3) is 0 Å². The fraction of sp³-hybridized carbons (Fsp3) is 0.188. The fourth-order valence-electron chi connectivity index (χ4n) is 2.52. The Morgan fingerprint density at radius 3 is 2.91 bits per heavy atom. The minimum absolute atomic E-state index is 0.146. The minimum Gasteiger partial charge on any atom is -0.505 e. The molecule has 0 atom stereocenters. The van der Waals surface area contributed by atoms with Gasteiger partial charge < -0.3 is 5.11 Å². The first-order valence-electron chi connectivity index (χ1n) is 7.23. The van der Waals surface area contributed by atoms with Gasteiger partial charge in [-0.3, -0.25) is 10.2 Å². The standard InChI is InChI=1S/C16H17N5O2/c1-10-8-11(6-7-15(22)18-17)9-14(16(10)23)21-13-5-3-2-4-12(13)19-20-21/h2-5,8-9,23H,6-7,17H2,1H3,(H,18,22). The van der Waals surface area contributed by atoms with E-state index in [4.69, 9.17) is 5.84 Å². The third-order valence-corrected chi connectivity index (χ3v) is 3.72. The number of rotatable bonds is 4. The van der Waals surface area contributed by atoms with Gasteiger partial charge in [0.05, 0.1) is 5.52 Å². The Labute approximate surface area is 132 Å². The largest absolute Gasteiger partial charge is 0.505 e. The van der Waals surface area contributed by atoms with E-state index < -0.39 is 0 Å². The Morgan fingerprint density at radius 1 is 1.35 bits per heavy atom. The van der Waals surface area contributed by atoms with Crippen molar-refractivity contribution in [3.8, 4) is 11.4 Å². The van der Waals surface area contributed by atoms with Crippen molar-refractivity contribution >= 4 is 16.9 Å². The van der Waals surface area contributed by atoms with E-state index in [1.54, 1.807) is 4.68 Å². The van der Waals surface area contributed by atoms with E-state index in [0.29, 0.717) is 17.7 Å². The van der Waals surface area contributed by atoms with Gasteiger partial charge in [-0.25, -0.2) is 10.5 Å². The maximum Gasteiger partial charge on any atom is 0.234 e.